The predicted octanol–water partition coefficient (Wildman–Crippen LogP) is 14.3. The van der Waals surface area contributed by atoms with Crippen LogP contribution in [-0.4, -0.2) is 0 Å². The molecule has 13 rings (SSSR count). The number of nitrogens with one attached hydrogen (secondary N) is 1. The number of ether oxygens (including phenoxy) is 1. The molecular weight excluding hydrogens is 703 g/mol. The molecule has 2 heteroatoms. The van der Waals surface area contributed by atoms with E-state index in [4.69, 9.17) is 4.74 Å². The van der Waals surface area contributed by atoms with Crippen molar-refractivity contribution in [2.24, 2.45) is 0 Å². The first-order valence-corrected chi connectivity index (χ1v) is 20.2. The van der Waals surface area contributed by atoms with Crippen molar-refractivity contribution in [1.82, 2.24) is 0 Å². The van der Waals surface area contributed by atoms with Gasteiger partial charge in [-0.2, -0.15) is 0 Å². The lowest BCUT2D eigenvalue weighted by atomic mass is 9.69. The highest BCUT2D eigenvalue weighted by Crippen LogP contribution is 2.64. The molecule has 10 aromatic carbocycles. The van der Waals surface area contributed by atoms with Crippen molar-refractivity contribution in [2.75, 3.05) is 5.32 Å². The van der Waals surface area contributed by atoms with Gasteiger partial charge in [-0.15, -0.1) is 0 Å². The first-order valence-electron chi connectivity index (χ1n) is 20.2. The molecule has 270 valence electrons. The third kappa shape index (κ3) is 4.27. The Kier molecular flexibility index (Phi) is 6.46. The average molecular weight is 738 g/mol. The number of hydrogen-bond acceptors (Lipinski definition) is 2. The lowest BCUT2D eigenvalue weighted by Gasteiger charge is -2.31. The Morgan fingerprint density at radius 2 is 0.983 bits per heavy atom. The van der Waals surface area contributed by atoms with Crippen LogP contribution in [0.3, 0.4) is 0 Å². The normalized spacial score (nSPS) is 15.1. The van der Waals surface area contributed by atoms with E-state index in [-0.39, 0.29) is 6.23 Å². The van der Waals surface area contributed by atoms with Crippen LogP contribution in [0.4, 0.5) is 5.69 Å². The largest absolute Gasteiger partial charge is 0.464 e. The number of benzene rings is 10. The first-order chi connectivity index (χ1) is 28.7. The van der Waals surface area contributed by atoms with Gasteiger partial charge >= 0.3 is 0 Å². The molecule has 1 N–H and O–H groups in total. The topological polar surface area (TPSA) is 21.3 Å². The van der Waals surface area contributed by atoms with E-state index in [2.05, 4.69) is 199 Å². The molecule has 0 saturated carbocycles. The van der Waals surface area contributed by atoms with Crippen LogP contribution in [0.2, 0.25) is 0 Å². The van der Waals surface area contributed by atoms with E-state index < -0.39 is 5.41 Å². The van der Waals surface area contributed by atoms with E-state index in [1.807, 2.05) is 6.07 Å². The van der Waals surface area contributed by atoms with Crippen LogP contribution in [0, 0.1) is 0 Å². The molecule has 3 aliphatic rings. The van der Waals surface area contributed by atoms with Crippen LogP contribution in [0.5, 0.6) is 5.75 Å². The minimum absolute atomic E-state index is 0.221. The van der Waals surface area contributed by atoms with Crippen LogP contribution in [0.15, 0.2) is 200 Å². The predicted molar refractivity (Wildman–Crippen MR) is 240 cm³/mol. The van der Waals surface area contributed by atoms with Gasteiger partial charge in [-0.1, -0.05) is 176 Å². The molecule has 2 aliphatic carbocycles. The Morgan fingerprint density at radius 1 is 0.397 bits per heavy atom. The molecule has 0 aromatic heterocycles. The Morgan fingerprint density at radius 3 is 1.81 bits per heavy atom. The summed E-state index contributed by atoms with van der Waals surface area (Å²) in [5.41, 5.74) is 17.3. The number of fused-ring (bicyclic) bond motifs is 17. The summed E-state index contributed by atoms with van der Waals surface area (Å²) < 4.78 is 6.69. The third-order valence-corrected chi connectivity index (χ3v) is 13.1. The molecule has 0 fully saturated rings. The van der Waals surface area contributed by atoms with Gasteiger partial charge in [-0.25, -0.2) is 0 Å². The van der Waals surface area contributed by atoms with E-state index in [0.29, 0.717) is 0 Å². The maximum Gasteiger partial charge on any atom is 0.196 e. The maximum atomic E-state index is 6.69. The fraction of sp³-hybridized carbons (Fsp3) is 0.0357. The minimum atomic E-state index is -0.428. The minimum Gasteiger partial charge on any atom is -0.464 e. The Bertz CT molecular complexity index is 3320. The van der Waals surface area contributed by atoms with Crippen molar-refractivity contribution in [3.8, 4) is 50.3 Å². The van der Waals surface area contributed by atoms with Crippen LogP contribution < -0.4 is 10.1 Å². The molecule has 0 saturated heterocycles. The van der Waals surface area contributed by atoms with Gasteiger partial charge in [0, 0.05) is 10.9 Å². The second kappa shape index (κ2) is 11.8. The highest BCUT2D eigenvalue weighted by molar-refractivity contribution is 6.14. The number of anilines is 1. The van der Waals surface area contributed by atoms with Gasteiger partial charge in [-0.05, 0) is 118 Å². The number of rotatable bonds is 3. The second-order valence-electron chi connectivity index (χ2n) is 16.0. The molecular formula is C56H35NO. The lowest BCUT2D eigenvalue weighted by Crippen LogP contribution is -2.26. The average Bonchev–Trinajstić information content (AvgIpc) is 3.96. The van der Waals surface area contributed by atoms with E-state index in [1.54, 1.807) is 0 Å². The van der Waals surface area contributed by atoms with Crippen LogP contribution in [-0.2, 0) is 5.41 Å². The molecule has 10 aromatic rings. The van der Waals surface area contributed by atoms with E-state index in [0.717, 1.165) is 22.4 Å². The summed E-state index contributed by atoms with van der Waals surface area (Å²) in [6.07, 6.45) is -0.221. The summed E-state index contributed by atoms with van der Waals surface area (Å²) in [6.45, 7) is 0. The molecule has 1 aliphatic heterocycles. The summed E-state index contributed by atoms with van der Waals surface area (Å²) in [6, 6.07) is 74.0. The van der Waals surface area contributed by atoms with Crippen LogP contribution in [0.25, 0.3) is 76.8 Å². The van der Waals surface area contributed by atoms with Gasteiger partial charge in [0.2, 0.25) is 0 Å². The maximum absolute atomic E-state index is 6.69. The second-order valence-corrected chi connectivity index (χ2v) is 16.0. The molecule has 0 radical (unpaired) electrons. The monoisotopic (exact) mass is 737 g/mol. The van der Waals surface area contributed by atoms with Gasteiger partial charge in [-0.3, -0.25) is 0 Å². The zero-order chi connectivity index (χ0) is 38.0. The molecule has 1 unspecified atom stereocenters. The van der Waals surface area contributed by atoms with Gasteiger partial charge in [0.1, 0.15) is 0 Å². The highest BCUT2D eigenvalue weighted by atomic mass is 16.5. The summed E-state index contributed by atoms with van der Waals surface area (Å²) in [5.74, 6) is 0.916. The van der Waals surface area contributed by atoms with Crippen molar-refractivity contribution in [2.45, 2.75) is 11.6 Å². The summed E-state index contributed by atoms with van der Waals surface area (Å²) in [5, 5.41) is 10.9. The Balaban J connectivity index is 0.972. The van der Waals surface area contributed by atoms with Crippen molar-refractivity contribution >= 4 is 38.0 Å². The van der Waals surface area contributed by atoms with E-state index in [1.165, 1.54) is 93.7 Å². The fourth-order valence-electron chi connectivity index (χ4n) is 10.6. The van der Waals surface area contributed by atoms with Gasteiger partial charge < -0.3 is 10.1 Å². The van der Waals surface area contributed by atoms with Crippen molar-refractivity contribution in [3.63, 3.8) is 0 Å². The van der Waals surface area contributed by atoms with Crippen molar-refractivity contribution in [1.29, 1.82) is 0 Å². The zero-order valence-corrected chi connectivity index (χ0v) is 31.5. The zero-order valence-electron chi connectivity index (χ0n) is 31.5. The summed E-state index contributed by atoms with van der Waals surface area (Å²) in [7, 11) is 0. The Hall–Kier alpha value is -7.42. The molecule has 1 spiro atoms. The SMILES string of the molecule is c1ccc(C2Nc3ccc4ccc5ccc(-c6cccc(-c7ccc8c(c7)C7(c9ccccc9-c9ccccc97)c7c-8ccc8ccccc78)c6)cc5c4c3O2)cc1. The molecule has 58 heavy (non-hydrogen) atoms. The standard InChI is InChI=1S/C56H35NO/c1-2-12-37(13-3-1)55-57-51-30-27-36-23-21-35-22-24-40(32-47(35)52(36)54(51)58-55)38-14-10-15-39(31-38)41-26-28-45-46-29-25-34-11-4-5-16-42(34)53(46)56(50(45)33-41)48-19-8-6-17-43(48)44-18-7-9-20-49(44)56/h1-33,55,57H. The van der Waals surface area contributed by atoms with Gasteiger partial charge in [0.05, 0.1) is 11.1 Å². The van der Waals surface area contributed by atoms with Gasteiger partial charge in [0.25, 0.3) is 0 Å². The third-order valence-electron chi connectivity index (χ3n) is 13.1. The lowest BCUT2D eigenvalue weighted by molar-refractivity contribution is 0.263. The summed E-state index contributed by atoms with van der Waals surface area (Å²) in [4.78, 5) is 0. The highest BCUT2D eigenvalue weighted by Gasteiger charge is 2.52. The smallest absolute Gasteiger partial charge is 0.196 e. The molecule has 0 bridgehead atoms. The van der Waals surface area contributed by atoms with E-state index in [9.17, 15) is 0 Å². The van der Waals surface area contributed by atoms with Crippen molar-refractivity contribution < 1.29 is 4.74 Å². The molecule has 2 nitrogen and oxygen atoms in total. The summed E-state index contributed by atoms with van der Waals surface area (Å²) >= 11 is 0. The van der Waals surface area contributed by atoms with E-state index >= 15 is 0 Å². The number of hydrogen-bond donors (Lipinski definition) is 1. The van der Waals surface area contributed by atoms with Crippen LogP contribution in [0.1, 0.15) is 34.0 Å². The van der Waals surface area contributed by atoms with Crippen LogP contribution >= 0.6 is 0 Å². The molecule has 0 amide bonds. The first kappa shape index (κ1) is 31.7. The quantitative estimate of drug-likeness (QED) is 0.182. The molecule has 1 heterocycles. The Labute approximate surface area is 336 Å². The van der Waals surface area contributed by atoms with Crippen molar-refractivity contribution in [3.05, 3.63) is 228 Å². The van der Waals surface area contributed by atoms with Gasteiger partial charge in [0.15, 0.2) is 12.0 Å². The fourth-order valence-corrected chi connectivity index (χ4v) is 10.6. The molecule has 1 atom stereocenters.